The molecule has 1 saturated heterocycles. The highest BCUT2D eigenvalue weighted by molar-refractivity contribution is 7.89. The summed E-state index contributed by atoms with van der Waals surface area (Å²) in [5.41, 5.74) is 6.03. The van der Waals surface area contributed by atoms with Crippen molar-refractivity contribution in [3.63, 3.8) is 0 Å². The van der Waals surface area contributed by atoms with Gasteiger partial charge in [-0.15, -0.1) is 0 Å². The molecule has 0 aromatic heterocycles. The Balaban J connectivity index is 2.33. The number of hydrogen-bond donors (Lipinski definition) is 1. The standard InChI is InChI=1S/C14H22FN3O2S/c1-17(2)10-12-4-3-7-18(12)21(19,20)14-6-5-11(9-16)8-13(14)15/h5-6,8,12H,3-4,7,9-10,16H2,1-2H3. The maximum atomic E-state index is 14.1. The highest BCUT2D eigenvalue weighted by Gasteiger charge is 2.36. The normalized spacial score (nSPS) is 20.3. The van der Waals surface area contributed by atoms with E-state index < -0.39 is 15.8 Å². The van der Waals surface area contributed by atoms with Crippen LogP contribution in [0.1, 0.15) is 18.4 Å². The Kier molecular flexibility index (Phi) is 4.98. The zero-order valence-corrected chi connectivity index (χ0v) is 13.2. The summed E-state index contributed by atoms with van der Waals surface area (Å²) in [6.45, 7) is 1.27. The molecule has 2 N–H and O–H groups in total. The van der Waals surface area contributed by atoms with Gasteiger partial charge >= 0.3 is 0 Å². The molecule has 7 heteroatoms. The number of halogens is 1. The Hall–Kier alpha value is -1.02. The third-order valence-corrected chi connectivity index (χ3v) is 5.70. The van der Waals surface area contributed by atoms with Crippen molar-refractivity contribution in [2.75, 3.05) is 27.2 Å². The van der Waals surface area contributed by atoms with E-state index in [4.69, 9.17) is 5.73 Å². The van der Waals surface area contributed by atoms with Crippen molar-refractivity contribution in [3.05, 3.63) is 29.6 Å². The van der Waals surface area contributed by atoms with Crippen LogP contribution in [-0.2, 0) is 16.6 Å². The summed E-state index contributed by atoms with van der Waals surface area (Å²) < 4.78 is 40.9. The van der Waals surface area contributed by atoms with Crippen LogP contribution in [0.5, 0.6) is 0 Å². The van der Waals surface area contributed by atoms with Crippen LogP contribution >= 0.6 is 0 Å². The summed E-state index contributed by atoms with van der Waals surface area (Å²) in [6, 6.07) is 3.98. The number of benzene rings is 1. The SMILES string of the molecule is CN(C)CC1CCCN1S(=O)(=O)c1ccc(CN)cc1F. The molecule has 1 atom stereocenters. The smallest absolute Gasteiger partial charge is 0.246 e. The minimum atomic E-state index is -3.80. The zero-order valence-electron chi connectivity index (χ0n) is 12.4. The van der Waals surface area contributed by atoms with E-state index in [1.165, 1.54) is 16.4 Å². The Morgan fingerprint density at radius 1 is 1.43 bits per heavy atom. The van der Waals surface area contributed by atoms with E-state index in [1.807, 2.05) is 19.0 Å². The number of nitrogens with zero attached hydrogens (tertiary/aromatic N) is 2. The maximum absolute atomic E-state index is 14.1. The molecule has 2 rings (SSSR count). The fourth-order valence-corrected chi connectivity index (χ4v) is 4.47. The molecule has 0 bridgehead atoms. The van der Waals surface area contributed by atoms with Crippen LogP contribution < -0.4 is 5.73 Å². The number of rotatable bonds is 5. The van der Waals surface area contributed by atoms with Crippen LogP contribution in [-0.4, -0.2) is 50.8 Å². The molecule has 1 aliphatic heterocycles. The lowest BCUT2D eigenvalue weighted by atomic mass is 10.2. The molecule has 0 radical (unpaired) electrons. The summed E-state index contributed by atoms with van der Waals surface area (Å²) in [6.07, 6.45) is 1.61. The highest BCUT2D eigenvalue weighted by Crippen LogP contribution is 2.28. The Morgan fingerprint density at radius 3 is 2.71 bits per heavy atom. The lowest BCUT2D eigenvalue weighted by Gasteiger charge is -2.26. The third-order valence-electron chi connectivity index (χ3n) is 3.72. The first kappa shape index (κ1) is 16.4. The van der Waals surface area contributed by atoms with E-state index in [-0.39, 0.29) is 17.5 Å². The second-order valence-electron chi connectivity index (χ2n) is 5.64. The van der Waals surface area contributed by atoms with Crippen LogP contribution in [0.4, 0.5) is 4.39 Å². The fraction of sp³-hybridized carbons (Fsp3) is 0.571. The summed E-state index contributed by atoms with van der Waals surface area (Å²) in [7, 11) is 0.00675. The molecule has 0 spiro atoms. The first-order valence-electron chi connectivity index (χ1n) is 7.01. The molecular weight excluding hydrogens is 293 g/mol. The molecule has 118 valence electrons. The Bertz CT molecular complexity index is 604. The monoisotopic (exact) mass is 315 g/mol. The molecule has 5 nitrogen and oxygen atoms in total. The second kappa shape index (κ2) is 6.39. The van der Waals surface area contributed by atoms with Gasteiger partial charge in [-0.25, -0.2) is 12.8 Å². The lowest BCUT2D eigenvalue weighted by Crippen LogP contribution is -2.41. The molecule has 0 aliphatic carbocycles. The van der Waals surface area contributed by atoms with Crippen molar-refractivity contribution in [2.24, 2.45) is 5.73 Å². The van der Waals surface area contributed by atoms with Gasteiger partial charge in [0.05, 0.1) is 0 Å². The average molecular weight is 315 g/mol. The van der Waals surface area contributed by atoms with E-state index in [0.717, 1.165) is 12.8 Å². The Morgan fingerprint density at radius 2 is 2.14 bits per heavy atom. The molecule has 0 amide bonds. The first-order valence-corrected chi connectivity index (χ1v) is 8.45. The van der Waals surface area contributed by atoms with Gasteiger partial charge in [-0.1, -0.05) is 6.07 Å². The largest absolute Gasteiger partial charge is 0.326 e. The number of hydrogen-bond acceptors (Lipinski definition) is 4. The van der Waals surface area contributed by atoms with Crippen molar-refractivity contribution in [3.8, 4) is 0 Å². The summed E-state index contributed by atoms with van der Waals surface area (Å²) in [5, 5.41) is 0. The minimum Gasteiger partial charge on any atom is -0.326 e. The quantitative estimate of drug-likeness (QED) is 0.880. The molecule has 21 heavy (non-hydrogen) atoms. The molecule has 0 saturated carbocycles. The van der Waals surface area contributed by atoms with Gasteiger partial charge in [0.25, 0.3) is 0 Å². The molecule has 1 aromatic carbocycles. The van der Waals surface area contributed by atoms with Gasteiger partial charge in [0.2, 0.25) is 10.0 Å². The summed E-state index contributed by atoms with van der Waals surface area (Å²) >= 11 is 0. The molecular formula is C14H22FN3O2S. The van der Waals surface area contributed by atoms with Crippen LogP contribution in [0.3, 0.4) is 0 Å². The van der Waals surface area contributed by atoms with Crippen LogP contribution in [0.2, 0.25) is 0 Å². The predicted octanol–water partition coefficient (Wildman–Crippen LogP) is 0.999. The maximum Gasteiger partial charge on any atom is 0.246 e. The van der Waals surface area contributed by atoms with Gasteiger partial charge in [0, 0.05) is 25.7 Å². The van der Waals surface area contributed by atoms with Crippen molar-refractivity contribution in [2.45, 2.75) is 30.3 Å². The van der Waals surface area contributed by atoms with E-state index in [1.54, 1.807) is 6.07 Å². The highest BCUT2D eigenvalue weighted by atomic mass is 32.2. The molecule has 1 unspecified atom stereocenters. The van der Waals surface area contributed by atoms with Crippen LogP contribution in [0, 0.1) is 5.82 Å². The van der Waals surface area contributed by atoms with Crippen molar-refractivity contribution >= 4 is 10.0 Å². The second-order valence-corrected chi connectivity index (χ2v) is 7.50. The molecule has 1 fully saturated rings. The number of likely N-dealkylation sites (N-methyl/N-ethyl adjacent to an activating group) is 1. The van der Waals surface area contributed by atoms with Crippen molar-refractivity contribution in [1.82, 2.24) is 9.21 Å². The minimum absolute atomic E-state index is 0.0985. The number of sulfonamides is 1. The Labute approximate surface area is 125 Å². The van der Waals surface area contributed by atoms with E-state index in [2.05, 4.69) is 0 Å². The van der Waals surface area contributed by atoms with Crippen molar-refractivity contribution < 1.29 is 12.8 Å². The van der Waals surface area contributed by atoms with Crippen LogP contribution in [0.15, 0.2) is 23.1 Å². The summed E-state index contributed by atoms with van der Waals surface area (Å²) in [4.78, 5) is 1.69. The van der Waals surface area contributed by atoms with E-state index >= 15 is 0 Å². The molecule has 1 aromatic rings. The van der Waals surface area contributed by atoms with Gasteiger partial charge in [0.1, 0.15) is 10.7 Å². The van der Waals surface area contributed by atoms with Crippen molar-refractivity contribution in [1.29, 1.82) is 0 Å². The van der Waals surface area contributed by atoms with E-state index in [0.29, 0.717) is 18.7 Å². The fourth-order valence-electron chi connectivity index (χ4n) is 2.74. The predicted molar refractivity (Wildman–Crippen MR) is 79.8 cm³/mol. The first-order chi connectivity index (χ1) is 9.86. The third kappa shape index (κ3) is 3.42. The summed E-state index contributed by atoms with van der Waals surface area (Å²) in [5.74, 6) is -0.728. The van der Waals surface area contributed by atoms with E-state index in [9.17, 15) is 12.8 Å². The number of nitrogens with two attached hydrogens (primary N) is 1. The van der Waals surface area contributed by atoms with Gasteiger partial charge in [0.15, 0.2) is 0 Å². The van der Waals surface area contributed by atoms with Gasteiger partial charge in [-0.05, 0) is 44.6 Å². The average Bonchev–Trinajstić information content (AvgIpc) is 2.86. The lowest BCUT2D eigenvalue weighted by molar-refractivity contribution is 0.290. The van der Waals surface area contributed by atoms with Crippen LogP contribution in [0.25, 0.3) is 0 Å². The molecule has 1 heterocycles. The van der Waals surface area contributed by atoms with Gasteiger partial charge < -0.3 is 10.6 Å². The zero-order chi connectivity index (χ0) is 15.6. The molecule has 1 aliphatic rings. The van der Waals surface area contributed by atoms with Gasteiger partial charge in [-0.3, -0.25) is 0 Å². The topological polar surface area (TPSA) is 66.6 Å². The van der Waals surface area contributed by atoms with Gasteiger partial charge in [-0.2, -0.15) is 4.31 Å².